The van der Waals surface area contributed by atoms with Crippen molar-refractivity contribution in [2.24, 2.45) is 0 Å². The van der Waals surface area contributed by atoms with Crippen LogP contribution in [0.25, 0.3) is 0 Å². The molecule has 0 saturated carbocycles. The molecule has 1 rings (SSSR count). The normalized spacial score (nSPS) is 13.1. The molecule has 1 N–H and O–H groups in total. The van der Waals surface area contributed by atoms with Crippen molar-refractivity contribution in [3.05, 3.63) is 23.0 Å². The first-order valence-electron chi connectivity index (χ1n) is 6.49. The lowest BCUT2D eigenvalue weighted by Gasteiger charge is -2.17. The molecule has 0 bridgehead atoms. The van der Waals surface area contributed by atoms with E-state index in [1.807, 2.05) is 0 Å². The summed E-state index contributed by atoms with van der Waals surface area (Å²) in [6.07, 6.45) is 2.39. The van der Waals surface area contributed by atoms with Gasteiger partial charge in [0.1, 0.15) is 0 Å². The number of rotatable bonds is 6. The van der Waals surface area contributed by atoms with Gasteiger partial charge in [0.25, 0.3) is 0 Å². The predicted molar refractivity (Wildman–Crippen MR) is 70.9 cm³/mol. The minimum Gasteiger partial charge on any atom is -0.346 e. The highest BCUT2D eigenvalue weighted by Crippen LogP contribution is 2.22. The Morgan fingerprint density at radius 2 is 2.00 bits per heavy atom. The van der Waals surface area contributed by atoms with Crippen LogP contribution in [-0.4, -0.2) is 11.1 Å². The summed E-state index contributed by atoms with van der Waals surface area (Å²) >= 11 is 0. The molecule has 0 fully saturated rings. The molecule has 0 aliphatic heterocycles. The molecule has 0 aliphatic carbocycles. The fourth-order valence-corrected chi connectivity index (χ4v) is 2.28. The summed E-state index contributed by atoms with van der Waals surface area (Å²) in [7, 11) is 0. The van der Waals surface area contributed by atoms with E-state index in [1.54, 1.807) is 0 Å². The zero-order chi connectivity index (χ0) is 12.1. The van der Waals surface area contributed by atoms with Crippen molar-refractivity contribution in [2.75, 3.05) is 6.54 Å². The Kier molecular flexibility index (Phi) is 5.07. The van der Waals surface area contributed by atoms with Gasteiger partial charge in [0.15, 0.2) is 0 Å². The molecule has 1 aromatic heterocycles. The number of hydrogen-bond acceptors (Lipinski definition) is 1. The van der Waals surface area contributed by atoms with Gasteiger partial charge in [0.05, 0.1) is 0 Å². The Bertz CT molecular complexity index is 326. The van der Waals surface area contributed by atoms with Crippen LogP contribution in [0.5, 0.6) is 0 Å². The van der Waals surface area contributed by atoms with E-state index in [1.165, 1.54) is 29.8 Å². The zero-order valence-corrected chi connectivity index (χ0v) is 11.4. The van der Waals surface area contributed by atoms with Gasteiger partial charge in [-0.3, -0.25) is 0 Å². The Balaban J connectivity index is 2.80. The molecule has 0 saturated heterocycles. The number of nitrogens with one attached hydrogen (secondary N) is 1. The van der Waals surface area contributed by atoms with Crippen LogP contribution in [0.4, 0.5) is 0 Å². The molecule has 1 atom stereocenters. The highest BCUT2D eigenvalue weighted by Gasteiger charge is 2.12. The summed E-state index contributed by atoms with van der Waals surface area (Å²) in [5.74, 6) is 0. The van der Waals surface area contributed by atoms with Gasteiger partial charge < -0.3 is 9.88 Å². The van der Waals surface area contributed by atoms with Crippen molar-refractivity contribution in [2.45, 2.75) is 60.0 Å². The molecule has 1 aromatic rings. The van der Waals surface area contributed by atoms with Gasteiger partial charge >= 0.3 is 0 Å². The van der Waals surface area contributed by atoms with Crippen LogP contribution in [0, 0.1) is 13.8 Å². The molecule has 2 nitrogen and oxygen atoms in total. The van der Waals surface area contributed by atoms with E-state index in [2.05, 4.69) is 50.6 Å². The van der Waals surface area contributed by atoms with Gasteiger partial charge in [0.2, 0.25) is 0 Å². The van der Waals surface area contributed by atoms with Crippen molar-refractivity contribution in [1.29, 1.82) is 0 Å². The summed E-state index contributed by atoms with van der Waals surface area (Å²) in [6.45, 7) is 13.3. The number of aromatic nitrogens is 1. The Morgan fingerprint density at radius 1 is 1.31 bits per heavy atom. The maximum atomic E-state index is 3.48. The fraction of sp³-hybridized carbons (Fsp3) is 0.714. The number of aryl methyl sites for hydroxylation is 1. The molecule has 92 valence electrons. The van der Waals surface area contributed by atoms with Gasteiger partial charge in [-0.25, -0.2) is 0 Å². The summed E-state index contributed by atoms with van der Waals surface area (Å²) < 4.78 is 2.46. The second-order valence-corrected chi connectivity index (χ2v) is 4.70. The minimum absolute atomic E-state index is 0.611. The second kappa shape index (κ2) is 6.09. The predicted octanol–water partition coefficient (Wildman–Crippen LogP) is 3.58. The Labute approximate surface area is 100 Å². The summed E-state index contributed by atoms with van der Waals surface area (Å²) in [5, 5.41) is 3.48. The molecule has 2 heteroatoms. The molecule has 0 radical (unpaired) electrons. The third-order valence-electron chi connectivity index (χ3n) is 3.36. The topological polar surface area (TPSA) is 17.0 Å². The molecule has 0 spiro atoms. The van der Waals surface area contributed by atoms with Crippen LogP contribution in [-0.2, 0) is 6.54 Å². The monoisotopic (exact) mass is 222 g/mol. The van der Waals surface area contributed by atoms with Gasteiger partial charge in [-0.2, -0.15) is 0 Å². The fourth-order valence-electron chi connectivity index (χ4n) is 2.28. The number of hydrogen-bond donors (Lipinski definition) is 1. The van der Waals surface area contributed by atoms with Crippen molar-refractivity contribution in [1.82, 2.24) is 9.88 Å². The van der Waals surface area contributed by atoms with Crippen LogP contribution >= 0.6 is 0 Å². The zero-order valence-electron chi connectivity index (χ0n) is 11.4. The molecule has 0 aliphatic rings. The van der Waals surface area contributed by atoms with Gasteiger partial charge in [0, 0.05) is 24.0 Å². The van der Waals surface area contributed by atoms with E-state index in [4.69, 9.17) is 0 Å². The van der Waals surface area contributed by atoms with E-state index < -0.39 is 0 Å². The van der Waals surface area contributed by atoms with Crippen molar-refractivity contribution in [3.8, 4) is 0 Å². The lowest BCUT2D eigenvalue weighted by Crippen LogP contribution is -2.15. The first-order chi connectivity index (χ1) is 7.61. The van der Waals surface area contributed by atoms with E-state index >= 15 is 0 Å². The lowest BCUT2D eigenvalue weighted by molar-refractivity contribution is 0.509. The molecule has 0 unspecified atom stereocenters. The average molecular weight is 222 g/mol. The minimum atomic E-state index is 0.611. The largest absolute Gasteiger partial charge is 0.346 e. The van der Waals surface area contributed by atoms with E-state index in [0.717, 1.165) is 13.1 Å². The van der Waals surface area contributed by atoms with Crippen LogP contribution in [0.2, 0.25) is 0 Å². The lowest BCUT2D eigenvalue weighted by atomic mass is 10.2. The Hall–Kier alpha value is -0.760. The van der Waals surface area contributed by atoms with Gasteiger partial charge in [-0.05, 0) is 51.8 Å². The molecule has 16 heavy (non-hydrogen) atoms. The van der Waals surface area contributed by atoms with Crippen molar-refractivity contribution >= 4 is 0 Å². The highest BCUT2D eigenvalue weighted by molar-refractivity contribution is 5.27. The summed E-state index contributed by atoms with van der Waals surface area (Å²) in [6, 6.07) is 2.93. The quantitative estimate of drug-likeness (QED) is 0.728. The second-order valence-electron chi connectivity index (χ2n) is 4.70. The van der Waals surface area contributed by atoms with Gasteiger partial charge in [-0.1, -0.05) is 13.8 Å². The SMILES string of the molecule is CCCNCc1cc(C)n([C@H](C)CC)c1C. The van der Waals surface area contributed by atoms with E-state index in [-0.39, 0.29) is 0 Å². The van der Waals surface area contributed by atoms with Crippen molar-refractivity contribution < 1.29 is 0 Å². The van der Waals surface area contributed by atoms with Crippen LogP contribution < -0.4 is 5.32 Å². The van der Waals surface area contributed by atoms with E-state index in [0.29, 0.717) is 6.04 Å². The molecule has 0 amide bonds. The van der Waals surface area contributed by atoms with Crippen LogP contribution in [0.3, 0.4) is 0 Å². The number of nitrogens with zero attached hydrogens (tertiary/aromatic N) is 1. The van der Waals surface area contributed by atoms with Crippen molar-refractivity contribution in [3.63, 3.8) is 0 Å². The van der Waals surface area contributed by atoms with Crippen LogP contribution in [0.1, 0.15) is 56.6 Å². The molecular weight excluding hydrogens is 196 g/mol. The van der Waals surface area contributed by atoms with E-state index in [9.17, 15) is 0 Å². The summed E-state index contributed by atoms with van der Waals surface area (Å²) in [5.41, 5.74) is 4.27. The first kappa shape index (κ1) is 13.3. The maximum Gasteiger partial charge on any atom is 0.0305 e. The molecule has 1 heterocycles. The molecular formula is C14H26N2. The Morgan fingerprint density at radius 3 is 2.56 bits per heavy atom. The smallest absolute Gasteiger partial charge is 0.0305 e. The third kappa shape index (κ3) is 2.88. The first-order valence-corrected chi connectivity index (χ1v) is 6.49. The van der Waals surface area contributed by atoms with Crippen LogP contribution in [0.15, 0.2) is 6.07 Å². The maximum absolute atomic E-state index is 3.48. The summed E-state index contributed by atoms with van der Waals surface area (Å²) in [4.78, 5) is 0. The van der Waals surface area contributed by atoms with Gasteiger partial charge in [-0.15, -0.1) is 0 Å². The highest BCUT2D eigenvalue weighted by atomic mass is 15.0. The average Bonchev–Trinajstić information content (AvgIpc) is 2.54. The third-order valence-corrected chi connectivity index (χ3v) is 3.36. The molecule has 0 aromatic carbocycles. The standard InChI is InChI=1S/C14H26N2/c1-6-8-15-10-14-9-12(4)16(13(14)5)11(3)7-2/h9,11,15H,6-8,10H2,1-5H3/t11-/m1/s1.